The number of hydrogen-bond acceptors (Lipinski definition) is 3. The van der Waals surface area contributed by atoms with Crippen LogP contribution in [0.5, 0.6) is 0 Å². The standard InChI is InChI=1S/C24H26N2O3S/c1-16-10-11-17(2)22(14-16)19(4)25-24(27)20-12-13-23(18(3)15-20)26-30(28,29)21-8-6-5-7-9-21/h5-15,19,26H,1-4H3,(H,25,27). The number of carbonyl (C=O) groups is 1. The second-order valence-electron chi connectivity index (χ2n) is 7.50. The van der Waals surface area contributed by atoms with Crippen LogP contribution in [0.1, 0.15) is 45.6 Å². The molecule has 1 atom stereocenters. The van der Waals surface area contributed by atoms with Gasteiger partial charge >= 0.3 is 0 Å². The molecule has 156 valence electrons. The van der Waals surface area contributed by atoms with Crippen LogP contribution in [0.3, 0.4) is 0 Å². The molecule has 5 nitrogen and oxygen atoms in total. The number of carbonyl (C=O) groups excluding carboxylic acids is 1. The van der Waals surface area contributed by atoms with Gasteiger partial charge in [-0.25, -0.2) is 8.42 Å². The van der Waals surface area contributed by atoms with E-state index >= 15 is 0 Å². The minimum Gasteiger partial charge on any atom is -0.346 e. The predicted octanol–water partition coefficient (Wildman–Crippen LogP) is 4.90. The van der Waals surface area contributed by atoms with E-state index in [9.17, 15) is 13.2 Å². The summed E-state index contributed by atoms with van der Waals surface area (Å²) in [5, 5.41) is 3.02. The van der Waals surface area contributed by atoms with E-state index in [1.54, 1.807) is 43.3 Å². The highest BCUT2D eigenvalue weighted by molar-refractivity contribution is 7.92. The maximum atomic E-state index is 12.7. The van der Waals surface area contributed by atoms with Gasteiger partial charge in [0.1, 0.15) is 0 Å². The van der Waals surface area contributed by atoms with Crippen LogP contribution >= 0.6 is 0 Å². The monoisotopic (exact) mass is 422 g/mol. The van der Waals surface area contributed by atoms with E-state index in [1.165, 1.54) is 12.1 Å². The molecule has 30 heavy (non-hydrogen) atoms. The van der Waals surface area contributed by atoms with Crippen molar-refractivity contribution in [3.05, 3.63) is 94.5 Å². The fraction of sp³-hybridized carbons (Fsp3) is 0.208. The Labute approximate surface area is 178 Å². The lowest BCUT2D eigenvalue weighted by Crippen LogP contribution is -2.27. The van der Waals surface area contributed by atoms with Crippen LogP contribution in [-0.2, 0) is 10.0 Å². The van der Waals surface area contributed by atoms with Gasteiger partial charge in [0.2, 0.25) is 0 Å². The fourth-order valence-electron chi connectivity index (χ4n) is 3.31. The summed E-state index contributed by atoms with van der Waals surface area (Å²) in [4.78, 5) is 12.9. The van der Waals surface area contributed by atoms with Crippen LogP contribution in [0, 0.1) is 20.8 Å². The zero-order chi connectivity index (χ0) is 21.9. The Bertz CT molecular complexity index is 1170. The van der Waals surface area contributed by atoms with Crippen molar-refractivity contribution >= 4 is 21.6 Å². The van der Waals surface area contributed by atoms with Crippen LogP contribution in [0.25, 0.3) is 0 Å². The Hall–Kier alpha value is -3.12. The first-order valence-corrected chi connectivity index (χ1v) is 11.2. The first-order chi connectivity index (χ1) is 14.2. The molecule has 1 amide bonds. The zero-order valence-corrected chi connectivity index (χ0v) is 18.4. The molecule has 0 fully saturated rings. The van der Waals surface area contributed by atoms with Gasteiger partial charge in [-0.05, 0) is 74.7 Å². The molecule has 0 aliphatic heterocycles. The lowest BCUT2D eigenvalue weighted by molar-refractivity contribution is 0.0939. The Morgan fingerprint density at radius 1 is 0.867 bits per heavy atom. The molecule has 0 aliphatic rings. The maximum Gasteiger partial charge on any atom is 0.261 e. The zero-order valence-electron chi connectivity index (χ0n) is 17.6. The summed E-state index contributed by atoms with van der Waals surface area (Å²) < 4.78 is 27.7. The van der Waals surface area contributed by atoms with Crippen LogP contribution in [0.15, 0.2) is 71.6 Å². The van der Waals surface area contributed by atoms with Gasteiger partial charge in [0.15, 0.2) is 0 Å². The lowest BCUT2D eigenvalue weighted by Gasteiger charge is -2.18. The molecule has 0 aliphatic carbocycles. The van der Waals surface area contributed by atoms with E-state index in [2.05, 4.69) is 16.1 Å². The quantitative estimate of drug-likeness (QED) is 0.593. The number of amides is 1. The van der Waals surface area contributed by atoms with Gasteiger partial charge in [0, 0.05) is 5.56 Å². The summed E-state index contributed by atoms with van der Waals surface area (Å²) in [6, 6.07) is 19.1. The van der Waals surface area contributed by atoms with Crippen molar-refractivity contribution in [2.45, 2.75) is 38.6 Å². The molecular formula is C24H26N2O3S. The minimum atomic E-state index is -3.68. The molecule has 0 bridgehead atoms. The number of benzene rings is 3. The van der Waals surface area contributed by atoms with Gasteiger partial charge in [-0.3, -0.25) is 9.52 Å². The van der Waals surface area contributed by atoms with Gasteiger partial charge in [-0.15, -0.1) is 0 Å². The van der Waals surface area contributed by atoms with Crippen molar-refractivity contribution in [3.63, 3.8) is 0 Å². The van der Waals surface area contributed by atoms with Gasteiger partial charge in [0.05, 0.1) is 16.6 Å². The highest BCUT2D eigenvalue weighted by Crippen LogP contribution is 2.23. The summed E-state index contributed by atoms with van der Waals surface area (Å²) in [5.41, 5.74) is 4.93. The number of aryl methyl sites for hydroxylation is 3. The molecule has 3 rings (SSSR count). The van der Waals surface area contributed by atoms with Crippen molar-refractivity contribution in [1.82, 2.24) is 5.32 Å². The second-order valence-corrected chi connectivity index (χ2v) is 9.19. The average Bonchev–Trinajstić information content (AvgIpc) is 2.71. The lowest BCUT2D eigenvalue weighted by atomic mass is 9.99. The largest absolute Gasteiger partial charge is 0.346 e. The third-order valence-electron chi connectivity index (χ3n) is 5.04. The highest BCUT2D eigenvalue weighted by Gasteiger charge is 2.17. The van der Waals surface area contributed by atoms with E-state index in [0.29, 0.717) is 16.8 Å². The van der Waals surface area contributed by atoms with Gasteiger partial charge < -0.3 is 5.32 Å². The van der Waals surface area contributed by atoms with E-state index in [1.807, 2.05) is 32.9 Å². The van der Waals surface area contributed by atoms with Crippen LogP contribution in [-0.4, -0.2) is 14.3 Å². The summed E-state index contributed by atoms with van der Waals surface area (Å²) in [6.45, 7) is 7.77. The van der Waals surface area contributed by atoms with E-state index in [-0.39, 0.29) is 16.8 Å². The van der Waals surface area contributed by atoms with Crippen molar-refractivity contribution in [3.8, 4) is 0 Å². The molecular weight excluding hydrogens is 396 g/mol. The first kappa shape index (κ1) is 21.6. The second kappa shape index (κ2) is 8.71. The number of sulfonamides is 1. The molecule has 0 saturated carbocycles. The van der Waals surface area contributed by atoms with Crippen molar-refractivity contribution in [2.24, 2.45) is 0 Å². The van der Waals surface area contributed by atoms with Gasteiger partial charge in [0.25, 0.3) is 15.9 Å². The summed E-state index contributed by atoms with van der Waals surface area (Å²) in [5.74, 6) is -0.205. The molecule has 6 heteroatoms. The third kappa shape index (κ3) is 4.89. The molecule has 0 saturated heterocycles. The Morgan fingerprint density at radius 2 is 1.57 bits per heavy atom. The summed E-state index contributed by atoms with van der Waals surface area (Å²) in [6.07, 6.45) is 0. The highest BCUT2D eigenvalue weighted by atomic mass is 32.2. The van der Waals surface area contributed by atoms with Crippen LogP contribution in [0.2, 0.25) is 0 Å². The van der Waals surface area contributed by atoms with Gasteiger partial charge in [-0.2, -0.15) is 0 Å². The minimum absolute atomic E-state index is 0.144. The molecule has 3 aromatic carbocycles. The first-order valence-electron chi connectivity index (χ1n) is 9.74. The third-order valence-corrected chi connectivity index (χ3v) is 6.42. The van der Waals surface area contributed by atoms with Crippen LogP contribution in [0.4, 0.5) is 5.69 Å². The number of rotatable bonds is 6. The summed E-state index contributed by atoms with van der Waals surface area (Å²) in [7, 11) is -3.68. The normalized spacial score (nSPS) is 12.3. The topological polar surface area (TPSA) is 75.3 Å². The fourth-order valence-corrected chi connectivity index (χ4v) is 4.46. The summed E-state index contributed by atoms with van der Waals surface area (Å²) >= 11 is 0. The van der Waals surface area contributed by atoms with E-state index in [0.717, 1.165) is 16.7 Å². The van der Waals surface area contributed by atoms with Crippen molar-refractivity contribution < 1.29 is 13.2 Å². The molecule has 2 N–H and O–H groups in total. The Balaban J connectivity index is 1.76. The smallest absolute Gasteiger partial charge is 0.261 e. The molecule has 0 heterocycles. The van der Waals surface area contributed by atoms with E-state index in [4.69, 9.17) is 0 Å². The maximum absolute atomic E-state index is 12.7. The SMILES string of the molecule is Cc1ccc(C)c(C(C)NC(=O)c2ccc(NS(=O)(=O)c3ccccc3)c(C)c2)c1. The number of anilines is 1. The van der Waals surface area contributed by atoms with Crippen molar-refractivity contribution in [2.75, 3.05) is 4.72 Å². The Morgan fingerprint density at radius 3 is 2.23 bits per heavy atom. The number of nitrogens with one attached hydrogen (secondary N) is 2. The van der Waals surface area contributed by atoms with Crippen LogP contribution < -0.4 is 10.0 Å². The Kier molecular flexibility index (Phi) is 6.27. The molecule has 0 spiro atoms. The van der Waals surface area contributed by atoms with Crippen molar-refractivity contribution in [1.29, 1.82) is 0 Å². The molecule has 1 unspecified atom stereocenters. The molecule has 3 aromatic rings. The van der Waals surface area contributed by atoms with Gasteiger partial charge in [-0.1, -0.05) is 42.0 Å². The van der Waals surface area contributed by atoms with E-state index < -0.39 is 10.0 Å². The predicted molar refractivity (Wildman–Crippen MR) is 120 cm³/mol. The average molecular weight is 423 g/mol. The number of hydrogen-bond donors (Lipinski definition) is 2. The molecule has 0 radical (unpaired) electrons. The molecule has 0 aromatic heterocycles.